The summed E-state index contributed by atoms with van der Waals surface area (Å²) in [5.41, 5.74) is -5.87. The molecule has 0 saturated carbocycles. The third kappa shape index (κ3) is 7.89. The van der Waals surface area contributed by atoms with Gasteiger partial charge >= 0.3 is 5.51 Å². The third-order valence-corrected chi connectivity index (χ3v) is 6.41. The summed E-state index contributed by atoms with van der Waals surface area (Å²) in [7, 11) is -6.38. The normalized spacial score (nSPS) is 13.0. The molecule has 0 atom stereocenters. The summed E-state index contributed by atoms with van der Waals surface area (Å²) in [4.78, 5) is 3.49. The van der Waals surface area contributed by atoms with E-state index in [1.54, 1.807) is 0 Å². The molecular formula is C23H23F3O4S2. The molecule has 0 unspecified atom stereocenters. The van der Waals surface area contributed by atoms with Gasteiger partial charge < -0.3 is 9.29 Å². The Bertz CT molecular complexity index is 1130. The van der Waals surface area contributed by atoms with Gasteiger partial charge in [-0.25, -0.2) is 8.42 Å². The molecule has 0 fully saturated rings. The Hall–Kier alpha value is -2.49. The number of benzene rings is 3. The maximum absolute atomic E-state index is 10.7. The Morgan fingerprint density at radius 2 is 1.16 bits per heavy atom. The van der Waals surface area contributed by atoms with Gasteiger partial charge in [0, 0.05) is 0 Å². The highest BCUT2D eigenvalue weighted by Gasteiger charge is 2.37. The Morgan fingerprint density at radius 1 is 0.812 bits per heavy atom. The van der Waals surface area contributed by atoms with Crippen molar-refractivity contribution in [2.75, 3.05) is 0 Å². The van der Waals surface area contributed by atoms with E-state index in [0.717, 1.165) is 15.5 Å². The van der Waals surface area contributed by atoms with Crippen LogP contribution in [0, 0.1) is 0 Å². The summed E-state index contributed by atoms with van der Waals surface area (Å²) in [6, 6.07) is 24.6. The predicted molar refractivity (Wildman–Crippen MR) is 118 cm³/mol. The van der Waals surface area contributed by atoms with Crippen molar-refractivity contribution >= 4 is 21.0 Å². The van der Waals surface area contributed by atoms with Crippen molar-refractivity contribution in [3.63, 3.8) is 0 Å². The lowest BCUT2D eigenvalue weighted by molar-refractivity contribution is -0.0517. The van der Waals surface area contributed by atoms with Gasteiger partial charge in [-0.15, -0.1) is 0 Å². The van der Waals surface area contributed by atoms with Crippen molar-refractivity contribution in [1.82, 2.24) is 0 Å². The third-order valence-electron chi connectivity index (χ3n) is 3.61. The average Bonchev–Trinajstić information content (AvgIpc) is 2.70. The standard InChI is InChI=1S/C22H23OS.CHF3O3S/c1-22(2,3)23-18-14-16-21(17-15-18)24(19-10-6-4-7-11-19)20-12-8-5-9-13-20;2-1(3,4)8(5,6)7/h4-17H,1-3H3;(H,5,6,7)/q+1;/p-1/i4T,5T;. The number of ether oxygens (including phenoxy) is 1. The maximum atomic E-state index is 10.7. The first-order valence-corrected chi connectivity index (χ1v) is 11.9. The summed E-state index contributed by atoms with van der Waals surface area (Å²) >= 11 is 0. The van der Waals surface area contributed by atoms with Crippen LogP contribution in [0.25, 0.3) is 0 Å². The van der Waals surface area contributed by atoms with E-state index in [9.17, 15) is 13.2 Å². The van der Waals surface area contributed by atoms with Crippen molar-refractivity contribution < 1.29 is 33.6 Å². The molecule has 0 amide bonds. The van der Waals surface area contributed by atoms with Gasteiger partial charge in [0.05, 0.1) is 13.6 Å². The van der Waals surface area contributed by atoms with Crippen LogP contribution in [0.2, 0.25) is 0 Å². The van der Waals surface area contributed by atoms with E-state index < -0.39 is 15.6 Å². The number of alkyl halides is 3. The molecule has 0 aliphatic heterocycles. The van der Waals surface area contributed by atoms with Crippen molar-refractivity contribution in [3.05, 3.63) is 84.9 Å². The molecule has 9 heteroatoms. The molecule has 0 aliphatic rings. The van der Waals surface area contributed by atoms with Crippen LogP contribution >= 0.6 is 0 Å². The lowest BCUT2D eigenvalue weighted by atomic mass is 10.2. The van der Waals surface area contributed by atoms with Crippen molar-refractivity contribution in [2.45, 2.75) is 46.6 Å². The predicted octanol–water partition coefficient (Wildman–Crippen LogP) is 6.01. The van der Waals surface area contributed by atoms with E-state index in [4.69, 9.17) is 20.4 Å². The first kappa shape index (κ1) is 22.7. The van der Waals surface area contributed by atoms with Gasteiger partial charge in [0.25, 0.3) is 0 Å². The van der Waals surface area contributed by atoms with Crippen LogP contribution in [0.15, 0.2) is 99.6 Å². The van der Waals surface area contributed by atoms with Gasteiger partial charge in [-0.3, -0.25) is 0 Å². The lowest BCUT2D eigenvalue weighted by Gasteiger charge is -2.21. The number of rotatable bonds is 4. The zero-order valence-electron chi connectivity index (χ0n) is 19.5. The van der Waals surface area contributed by atoms with Gasteiger partial charge in [0.1, 0.15) is 11.4 Å². The molecule has 3 rings (SSSR count). The number of hydrogen-bond donors (Lipinski definition) is 0. The minimum Gasteiger partial charge on any atom is -0.741 e. The summed E-state index contributed by atoms with van der Waals surface area (Å²) in [5, 5.41) is 0. The molecule has 3 aromatic carbocycles. The molecule has 0 radical (unpaired) electrons. The topological polar surface area (TPSA) is 66.4 Å². The smallest absolute Gasteiger partial charge is 0.485 e. The fourth-order valence-corrected chi connectivity index (χ4v) is 4.46. The van der Waals surface area contributed by atoms with Crippen LogP contribution in [0.5, 0.6) is 5.75 Å². The highest BCUT2D eigenvalue weighted by Crippen LogP contribution is 2.32. The van der Waals surface area contributed by atoms with Gasteiger partial charge in [-0.05, 0) is 69.3 Å². The van der Waals surface area contributed by atoms with Crippen LogP contribution in [-0.4, -0.2) is 24.1 Å². The van der Waals surface area contributed by atoms with Gasteiger partial charge in [-0.2, -0.15) is 13.2 Å². The molecule has 0 spiro atoms. The minimum atomic E-state index is -6.09. The zero-order valence-corrected chi connectivity index (χ0v) is 19.1. The Kier molecular flexibility index (Phi) is 7.39. The second-order valence-electron chi connectivity index (χ2n) is 7.36. The molecule has 0 aromatic heterocycles. The van der Waals surface area contributed by atoms with Gasteiger partial charge in [0.15, 0.2) is 24.8 Å². The van der Waals surface area contributed by atoms with Crippen LogP contribution in [-0.2, 0) is 21.0 Å². The largest absolute Gasteiger partial charge is 0.741 e. The van der Waals surface area contributed by atoms with Crippen LogP contribution in [0.3, 0.4) is 0 Å². The molecular weight excluding hydrogens is 461 g/mol. The van der Waals surface area contributed by atoms with Crippen molar-refractivity contribution in [2.24, 2.45) is 0 Å². The molecule has 0 heterocycles. The summed E-state index contributed by atoms with van der Waals surface area (Å²) in [5.74, 6) is 0.854. The first-order chi connectivity index (χ1) is 15.6. The molecule has 0 N–H and O–H groups in total. The molecule has 4 nitrogen and oxygen atoms in total. The molecule has 32 heavy (non-hydrogen) atoms. The fourth-order valence-electron chi connectivity index (χ4n) is 2.42. The van der Waals surface area contributed by atoms with Crippen LogP contribution in [0.4, 0.5) is 13.2 Å². The minimum absolute atomic E-state index is 0.225. The molecule has 0 saturated heterocycles. The van der Waals surface area contributed by atoms with E-state index in [2.05, 4.69) is 12.1 Å². The van der Waals surface area contributed by atoms with E-state index in [-0.39, 0.29) is 16.5 Å². The fraction of sp³-hybridized carbons (Fsp3) is 0.217. The summed E-state index contributed by atoms with van der Waals surface area (Å²) < 4.78 is 80.3. The highest BCUT2D eigenvalue weighted by molar-refractivity contribution is 7.97. The van der Waals surface area contributed by atoms with E-state index in [1.807, 2.05) is 81.4 Å². The van der Waals surface area contributed by atoms with Crippen LogP contribution in [0.1, 0.15) is 23.5 Å². The SMILES string of the molecule is O=S(=O)([O-])C(F)(F)F.[3H]c1ccc([S+](c2ccc([3H])cc2)c2ccc(OC(C)(C)C)cc2)cc1. The zero-order chi connectivity index (χ0) is 25.7. The average molecular weight is 489 g/mol. The number of hydrogen-bond acceptors (Lipinski definition) is 4. The lowest BCUT2D eigenvalue weighted by Crippen LogP contribution is -2.22. The van der Waals surface area contributed by atoms with E-state index in [0.29, 0.717) is 12.1 Å². The Balaban J connectivity index is 0.000000440. The molecule has 3 aromatic rings. The summed E-state index contributed by atoms with van der Waals surface area (Å²) in [6.45, 7) is 6.11. The van der Waals surface area contributed by atoms with Crippen molar-refractivity contribution in [1.29, 1.82) is 0 Å². The van der Waals surface area contributed by atoms with E-state index >= 15 is 0 Å². The molecule has 0 bridgehead atoms. The van der Waals surface area contributed by atoms with Gasteiger partial charge in [0.2, 0.25) is 0 Å². The Morgan fingerprint density at radius 3 is 1.47 bits per heavy atom. The monoisotopic (exact) mass is 488 g/mol. The summed E-state index contributed by atoms with van der Waals surface area (Å²) in [6.07, 6.45) is 0. The van der Waals surface area contributed by atoms with Crippen molar-refractivity contribution in [3.8, 4) is 5.75 Å². The second kappa shape index (κ2) is 10.4. The van der Waals surface area contributed by atoms with E-state index in [1.165, 1.54) is 4.90 Å². The second-order valence-corrected chi connectivity index (χ2v) is 10.8. The van der Waals surface area contributed by atoms with Crippen LogP contribution < -0.4 is 4.74 Å². The maximum Gasteiger partial charge on any atom is 0.485 e. The molecule has 0 aliphatic carbocycles. The number of halogens is 3. The Labute approximate surface area is 192 Å². The molecule has 172 valence electrons. The first-order valence-electron chi connectivity index (χ1n) is 10.3. The van der Waals surface area contributed by atoms with Gasteiger partial charge in [-0.1, -0.05) is 36.4 Å². The quantitative estimate of drug-likeness (QED) is 0.256. The highest BCUT2D eigenvalue weighted by atomic mass is 32.2.